The number of aliphatic hydroxyl groups excluding tert-OH is 2. The zero-order chi connectivity index (χ0) is 16.4. The molecule has 2 N–H and O–H groups in total. The highest BCUT2D eigenvalue weighted by atomic mass is 35.5. The van der Waals surface area contributed by atoms with Crippen LogP contribution in [0.15, 0.2) is 42.6 Å². The molecule has 0 atom stereocenters. The number of pyridine rings is 1. The lowest BCUT2D eigenvalue weighted by atomic mass is 10.1. The SMILES string of the molecule is OCc1c(-c2cccnc2Cl)nn(-c2ccc(Cl)cc2)c1CO. The van der Waals surface area contributed by atoms with Crippen LogP contribution in [0.1, 0.15) is 11.3 Å². The van der Waals surface area contributed by atoms with E-state index in [2.05, 4.69) is 10.1 Å². The fourth-order valence-electron chi connectivity index (χ4n) is 2.39. The van der Waals surface area contributed by atoms with E-state index >= 15 is 0 Å². The molecule has 3 rings (SSSR count). The van der Waals surface area contributed by atoms with E-state index in [0.717, 1.165) is 5.69 Å². The first kappa shape index (κ1) is 16.0. The summed E-state index contributed by atoms with van der Waals surface area (Å²) in [7, 11) is 0. The van der Waals surface area contributed by atoms with Crippen molar-refractivity contribution < 1.29 is 10.2 Å². The Morgan fingerprint density at radius 1 is 1.00 bits per heavy atom. The van der Waals surface area contributed by atoms with Crippen LogP contribution in [0.2, 0.25) is 10.2 Å². The first-order valence-corrected chi connectivity index (χ1v) is 7.60. The van der Waals surface area contributed by atoms with Crippen molar-refractivity contribution in [1.82, 2.24) is 14.8 Å². The van der Waals surface area contributed by atoms with Crippen molar-refractivity contribution in [2.24, 2.45) is 0 Å². The highest BCUT2D eigenvalue weighted by Crippen LogP contribution is 2.31. The molecule has 7 heteroatoms. The maximum atomic E-state index is 9.74. The van der Waals surface area contributed by atoms with E-state index < -0.39 is 0 Å². The van der Waals surface area contributed by atoms with Crippen LogP contribution < -0.4 is 0 Å². The fraction of sp³-hybridized carbons (Fsp3) is 0.125. The standard InChI is InChI=1S/C16H13Cl2N3O2/c17-10-3-5-11(6-4-10)21-14(9-23)13(8-22)15(20-21)12-2-1-7-19-16(12)18/h1-7,22-23H,8-9H2. The Balaban J connectivity index is 2.23. The van der Waals surface area contributed by atoms with E-state index in [1.807, 2.05) is 0 Å². The molecule has 0 aliphatic rings. The van der Waals surface area contributed by atoms with Gasteiger partial charge in [0.25, 0.3) is 0 Å². The lowest BCUT2D eigenvalue weighted by Crippen LogP contribution is -2.03. The summed E-state index contributed by atoms with van der Waals surface area (Å²) in [6, 6.07) is 10.5. The second-order valence-electron chi connectivity index (χ2n) is 4.82. The molecular weight excluding hydrogens is 337 g/mol. The minimum absolute atomic E-state index is 0.274. The Hall–Kier alpha value is -1.92. The molecule has 0 unspecified atom stereocenters. The molecule has 5 nitrogen and oxygen atoms in total. The van der Waals surface area contributed by atoms with Crippen molar-refractivity contribution in [3.05, 3.63) is 64.0 Å². The van der Waals surface area contributed by atoms with Gasteiger partial charge >= 0.3 is 0 Å². The van der Waals surface area contributed by atoms with Crippen molar-refractivity contribution in [2.45, 2.75) is 13.2 Å². The van der Waals surface area contributed by atoms with Crippen LogP contribution in [0.3, 0.4) is 0 Å². The van der Waals surface area contributed by atoms with Gasteiger partial charge in [0.05, 0.1) is 24.6 Å². The van der Waals surface area contributed by atoms with Crippen molar-refractivity contribution in [3.63, 3.8) is 0 Å². The number of halogens is 2. The number of hydrogen-bond donors (Lipinski definition) is 2. The van der Waals surface area contributed by atoms with Crippen LogP contribution in [-0.4, -0.2) is 25.0 Å². The number of nitrogens with zero attached hydrogens (tertiary/aromatic N) is 3. The first-order valence-electron chi connectivity index (χ1n) is 6.85. The molecule has 1 aromatic carbocycles. The van der Waals surface area contributed by atoms with Gasteiger partial charge in [0.1, 0.15) is 10.8 Å². The molecule has 0 radical (unpaired) electrons. The Morgan fingerprint density at radius 3 is 2.35 bits per heavy atom. The van der Waals surface area contributed by atoms with E-state index in [-0.39, 0.29) is 18.4 Å². The fourth-order valence-corrected chi connectivity index (χ4v) is 2.72. The third-order valence-electron chi connectivity index (χ3n) is 3.48. The summed E-state index contributed by atoms with van der Waals surface area (Å²) in [5.74, 6) is 0. The molecule has 0 saturated heterocycles. The molecule has 2 heterocycles. The van der Waals surface area contributed by atoms with E-state index in [4.69, 9.17) is 23.2 Å². The van der Waals surface area contributed by atoms with Gasteiger partial charge in [-0.3, -0.25) is 0 Å². The molecule has 0 fully saturated rings. The van der Waals surface area contributed by atoms with E-state index in [1.165, 1.54) is 0 Å². The Labute approximate surface area is 142 Å². The molecule has 23 heavy (non-hydrogen) atoms. The molecule has 3 aromatic rings. The first-order chi connectivity index (χ1) is 11.2. The third kappa shape index (κ3) is 2.96. The van der Waals surface area contributed by atoms with Gasteiger partial charge in [-0.1, -0.05) is 23.2 Å². The van der Waals surface area contributed by atoms with Gasteiger partial charge in [-0.25, -0.2) is 9.67 Å². The lowest BCUT2D eigenvalue weighted by Gasteiger charge is -2.06. The van der Waals surface area contributed by atoms with Gasteiger partial charge in [-0.15, -0.1) is 0 Å². The lowest BCUT2D eigenvalue weighted by molar-refractivity contribution is 0.255. The summed E-state index contributed by atoms with van der Waals surface area (Å²) in [6.07, 6.45) is 1.58. The molecular formula is C16H13Cl2N3O2. The summed E-state index contributed by atoms with van der Waals surface area (Å²) < 4.78 is 1.57. The number of aromatic nitrogens is 3. The number of hydrogen-bond acceptors (Lipinski definition) is 4. The van der Waals surface area contributed by atoms with Gasteiger partial charge < -0.3 is 10.2 Å². The number of aliphatic hydroxyl groups is 2. The Kier molecular flexibility index (Phi) is 4.63. The second-order valence-corrected chi connectivity index (χ2v) is 5.61. The zero-order valence-electron chi connectivity index (χ0n) is 11.9. The van der Waals surface area contributed by atoms with Crippen LogP contribution in [0.25, 0.3) is 16.9 Å². The van der Waals surface area contributed by atoms with Gasteiger partial charge in [0.2, 0.25) is 0 Å². The molecule has 0 aliphatic heterocycles. The molecule has 0 bridgehead atoms. The predicted octanol–water partition coefficient (Wildman–Crippen LogP) is 3.23. The van der Waals surface area contributed by atoms with Crippen molar-refractivity contribution in [1.29, 1.82) is 0 Å². The molecule has 2 aromatic heterocycles. The van der Waals surface area contributed by atoms with Crippen molar-refractivity contribution in [3.8, 4) is 16.9 Å². The van der Waals surface area contributed by atoms with E-state index in [1.54, 1.807) is 47.3 Å². The van der Waals surface area contributed by atoms with Crippen LogP contribution in [0.5, 0.6) is 0 Å². The number of benzene rings is 1. The quantitative estimate of drug-likeness (QED) is 0.709. The maximum absolute atomic E-state index is 9.74. The van der Waals surface area contributed by atoms with Gasteiger partial charge in [0, 0.05) is 22.3 Å². The minimum Gasteiger partial charge on any atom is -0.392 e. The summed E-state index contributed by atoms with van der Waals surface area (Å²) in [5, 5.41) is 24.9. The zero-order valence-corrected chi connectivity index (χ0v) is 13.5. The summed E-state index contributed by atoms with van der Waals surface area (Å²) in [4.78, 5) is 4.03. The average molecular weight is 350 g/mol. The monoisotopic (exact) mass is 349 g/mol. The van der Waals surface area contributed by atoms with Crippen LogP contribution in [-0.2, 0) is 13.2 Å². The van der Waals surface area contributed by atoms with Crippen LogP contribution in [0.4, 0.5) is 0 Å². The molecule has 0 spiro atoms. The smallest absolute Gasteiger partial charge is 0.138 e. The summed E-state index contributed by atoms with van der Waals surface area (Å²) in [5.41, 5.74) is 2.81. The van der Waals surface area contributed by atoms with Crippen LogP contribution in [0, 0.1) is 0 Å². The minimum atomic E-state index is -0.274. The largest absolute Gasteiger partial charge is 0.392 e. The van der Waals surface area contributed by atoms with E-state index in [0.29, 0.717) is 27.5 Å². The van der Waals surface area contributed by atoms with E-state index in [9.17, 15) is 10.2 Å². The van der Waals surface area contributed by atoms with Gasteiger partial charge in [-0.05, 0) is 36.4 Å². The molecule has 0 amide bonds. The van der Waals surface area contributed by atoms with Crippen LogP contribution >= 0.6 is 23.2 Å². The number of rotatable bonds is 4. The highest BCUT2D eigenvalue weighted by molar-refractivity contribution is 6.32. The third-order valence-corrected chi connectivity index (χ3v) is 4.04. The normalized spacial score (nSPS) is 11.0. The summed E-state index contributed by atoms with van der Waals surface area (Å²) in [6.45, 7) is -0.548. The second kappa shape index (κ2) is 6.68. The van der Waals surface area contributed by atoms with Gasteiger partial charge in [0.15, 0.2) is 0 Å². The van der Waals surface area contributed by atoms with Gasteiger partial charge in [-0.2, -0.15) is 5.10 Å². The Bertz CT molecular complexity index is 832. The Morgan fingerprint density at radius 2 is 1.74 bits per heavy atom. The summed E-state index contributed by atoms with van der Waals surface area (Å²) >= 11 is 12.0. The molecule has 0 aliphatic carbocycles. The topological polar surface area (TPSA) is 71.2 Å². The van der Waals surface area contributed by atoms with Crippen molar-refractivity contribution >= 4 is 23.2 Å². The molecule has 0 saturated carbocycles. The van der Waals surface area contributed by atoms with Crippen molar-refractivity contribution in [2.75, 3.05) is 0 Å². The molecule has 118 valence electrons. The highest BCUT2D eigenvalue weighted by Gasteiger charge is 2.20. The average Bonchev–Trinajstić information content (AvgIpc) is 2.94. The predicted molar refractivity (Wildman–Crippen MR) is 88.7 cm³/mol. The maximum Gasteiger partial charge on any atom is 0.138 e.